The standard InChI is InChI=1S/C26H40N6O6/c33-21(29-16-22(34)31-20(26(37)38)14-18-9-5-2-6-10-18)15-30-24(35)19(13-17-7-3-1-4-8-17)32-25(36)23-27-11-12-28-23/h11-12,17-20H,1-10,13-16H2,(H,27,28)(H,29,33)(H,30,35)(H,31,34)(H,32,36)(H,37,38)/t19-,20-/m0/s1. The summed E-state index contributed by atoms with van der Waals surface area (Å²) in [4.78, 5) is 68.2. The van der Waals surface area contributed by atoms with Crippen molar-refractivity contribution in [3.05, 3.63) is 18.2 Å². The van der Waals surface area contributed by atoms with Crippen molar-refractivity contribution in [1.29, 1.82) is 0 Å². The van der Waals surface area contributed by atoms with E-state index in [1.165, 1.54) is 12.4 Å². The molecule has 4 amide bonds. The fraction of sp³-hybridized carbons (Fsp3) is 0.692. The van der Waals surface area contributed by atoms with Gasteiger partial charge in [-0.1, -0.05) is 64.2 Å². The molecule has 0 aliphatic heterocycles. The highest BCUT2D eigenvalue weighted by atomic mass is 16.4. The summed E-state index contributed by atoms with van der Waals surface area (Å²) in [5.41, 5.74) is 0. The molecule has 12 nitrogen and oxygen atoms in total. The molecular formula is C26H40N6O6. The first-order valence-electron chi connectivity index (χ1n) is 13.7. The van der Waals surface area contributed by atoms with Crippen molar-refractivity contribution < 1.29 is 29.1 Å². The number of carbonyl (C=O) groups is 5. The molecule has 0 spiro atoms. The van der Waals surface area contributed by atoms with Crippen LogP contribution in [-0.2, 0) is 19.2 Å². The molecule has 0 saturated heterocycles. The highest BCUT2D eigenvalue weighted by Gasteiger charge is 2.28. The van der Waals surface area contributed by atoms with E-state index in [-0.39, 0.29) is 18.3 Å². The van der Waals surface area contributed by atoms with E-state index in [1.807, 2.05) is 0 Å². The van der Waals surface area contributed by atoms with Gasteiger partial charge in [0.05, 0.1) is 13.1 Å². The average Bonchev–Trinajstić information content (AvgIpc) is 3.46. The molecule has 2 saturated carbocycles. The molecule has 1 heterocycles. The molecule has 2 atom stereocenters. The maximum absolute atomic E-state index is 12.9. The van der Waals surface area contributed by atoms with Gasteiger partial charge in [0.1, 0.15) is 12.1 Å². The van der Waals surface area contributed by atoms with Crippen LogP contribution in [0.1, 0.15) is 87.7 Å². The molecule has 38 heavy (non-hydrogen) atoms. The number of hydrogen-bond acceptors (Lipinski definition) is 6. The minimum atomic E-state index is -1.09. The van der Waals surface area contributed by atoms with E-state index in [0.717, 1.165) is 64.2 Å². The molecule has 2 aliphatic rings. The molecule has 1 aromatic heterocycles. The van der Waals surface area contributed by atoms with Crippen LogP contribution in [0.15, 0.2) is 12.4 Å². The molecule has 0 bridgehead atoms. The van der Waals surface area contributed by atoms with Gasteiger partial charge in [-0.25, -0.2) is 9.78 Å². The molecule has 2 aliphatic carbocycles. The number of nitrogens with zero attached hydrogens (tertiary/aromatic N) is 1. The quantitative estimate of drug-likeness (QED) is 0.221. The van der Waals surface area contributed by atoms with Gasteiger partial charge in [0.25, 0.3) is 5.91 Å². The summed E-state index contributed by atoms with van der Waals surface area (Å²) in [5, 5.41) is 19.6. The van der Waals surface area contributed by atoms with E-state index < -0.39 is 48.2 Å². The lowest BCUT2D eigenvalue weighted by Gasteiger charge is -2.26. The zero-order chi connectivity index (χ0) is 27.3. The maximum atomic E-state index is 12.9. The van der Waals surface area contributed by atoms with Crippen LogP contribution in [0.2, 0.25) is 0 Å². The van der Waals surface area contributed by atoms with Gasteiger partial charge in [0, 0.05) is 12.4 Å². The highest BCUT2D eigenvalue weighted by molar-refractivity contribution is 5.96. The Labute approximate surface area is 222 Å². The smallest absolute Gasteiger partial charge is 0.326 e. The zero-order valence-electron chi connectivity index (χ0n) is 21.8. The number of carbonyl (C=O) groups excluding carboxylic acids is 4. The predicted octanol–water partition coefficient (Wildman–Crippen LogP) is 1.25. The van der Waals surface area contributed by atoms with Crippen LogP contribution in [-0.4, -0.2) is 69.8 Å². The van der Waals surface area contributed by atoms with Crippen molar-refractivity contribution in [2.24, 2.45) is 11.8 Å². The van der Waals surface area contributed by atoms with E-state index >= 15 is 0 Å². The number of aliphatic carboxylic acids is 1. The van der Waals surface area contributed by atoms with Gasteiger partial charge >= 0.3 is 5.97 Å². The monoisotopic (exact) mass is 532 g/mol. The molecule has 12 heteroatoms. The van der Waals surface area contributed by atoms with Gasteiger partial charge < -0.3 is 31.4 Å². The molecule has 3 rings (SSSR count). The van der Waals surface area contributed by atoms with Crippen molar-refractivity contribution >= 4 is 29.6 Å². The summed E-state index contributed by atoms with van der Waals surface area (Å²) in [6, 6.07) is -1.83. The average molecular weight is 533 g/mol. The third-order valence-corrected chi connectivity index (χ3v) is 7.43. The van der Waals surface area contributed by atoms with Crippen molar-refractivity contribution in [2.75, 3.05) is 13.1 Å². The summed E-state index contributed by atoms with van der Waals surface area (Å²) < 4.78 is 0. The van der Waals surface area contributed by atoms with Crippen molar-refractivity contribution in [3.63, 3.8) is 0 Å². The van der Waals surface area contributed by atoms with Crippen molar-refractivity contribution in [3.8, 4) is 0 Å². The van der Waals surface area contributed by atoms with Crippen molar-refractivity contribution in [2.45, 2.75) is 89.1 Å². The van der Waals surface area contributed by atoms with Crippen LogP contribution in [0, 0.1) is 11.8 Å². The Hall–Kier alpha value is -3.44. The number of rotatable bonds is 13. The summed E-state index contributed by atoms with van der Waals surface area (Å²) in [7, 11) is 0. The minimum absolute atomic E-state index is 0.0957. The Morgan fingerprint density at radius 2 is 1.39 bits per heavy atom. The summed E-state index contributed by atoms with van der Waals surface area (Å²) in [5.74, 6) is -2.63. The second kappa shape index (κ2) is 15.1. The zero-order valence-corrected chi connectivity index (χ0v) is 21.8. The first-order chi connectivity index (χ1) is 18.3. The first kappa shape index (κ1) is 29.1. The molecule has 210 valence electrons. The molecule has 2 fully saturated rings. The summed E-state index contributed by atoms with van der Waals surface area (Å²) in [6.07, 6.45) is 14.3. The number of carboxylic acids is 1. The van der Waals surface area contributed by atoms with E-state index in [9.17, 15) is 29.1 Å². The van der Waals surface area contributed by atoms with E-state index in [0.29, 0.717) is 18.8 Å². The number of hydrogen-bond donors (Lipinski definition) is 6. The van der Waals surface area contributed by atoms with Crippen LogP contribution >= 0.6 is 0 Å². The van der Waals surface area contributed by atoms with Crippen LogP contribution in [0.25, 0.3) is 0 Å². The summed E-state index contributed by atoms with van der Waals surface area (Å²) in [6.45, 7) is -0.780. The minimum Gasteiger partial charge on any atom is -0.480 e. The van der Waals surface area contributed by atoms with E-state index in [2.05, 4.69) is 31.2 Å². The largest absolute Gasteiger partial charge is 0.480 e. The van der Waals surface area contributed by atoms with Crippen LogP contribution in [0.3, 0.4) is 0 Å². The number of carboxylic acid groups (broad SMARTS) is 1. The van der Waals surface area contributed by atoms with Gasteiger partial charge in [0.15, 0.2) is 5.82 Å². The molecule has 0 aromatic carbocycles. The number of H-pyrrole nitrogens is 1. The van der Waals surface area contributed by atoms with Crippen LogP contribution < -0.4 is 21.3 Å². The van der Waals surface area contributed by atoms with Gasteiger partial charge in [-0.05, 0) is 24.7 Å². The summed E-state index contributed by atoms with van der Waals surface area (Å²) >= 11 is 0. The Morgan fingerprint density at radius 1 is 0.816 bits per heavy atom. The molecule has 1 aromatic rings. The topological polar surface area (TPSA) is 182 Å². The fourth-order valence-corrected chi connectivity index (χ4v) is 5.36. The lowest BCUT2D eigenvalue weighted by molar-refractivity contribution is -0.142. The highest BCUT2D eigenvalue weighted by Crippen LogP contribution is 2.28. The second-order valence-electron chi connectivity index (χ2n) is 10.4. The normalized spacial score (nSPS) is 18.1. The number of aromatic amines is 1. The van der Waals surface area contributed by atoms with Gasteiger partial charge in [-0.3, -0.25) is 19.2 Å². The number of nitrogens with one attached hydrogen (secondary N) is 5. The Kier molecular flexibility index (Phi) is 11.6. The number of imidazole rings is 1. The first-order valence-corrected chi connectivity index (χ1v) is 13.7. The van der Waals surface area contributed by atoms with Crippen LogP contribution in [0.5, 0.6) is 0 Å². The fourth-order valence-electron chi connectivity index (χ4n) is 5.36. The van der Waals surface area contributed by atoms with E-state index in [4.69, 9.17) is 0 Å². The molecule has 0 unspecified atom stereocenters. The van der Waals surface area contributed by atoms with Crippen molar-refractivity contribution in [1.82, 2.24) is 31.2 Å². The third-order valence-electron chi connectivity index (χ3n) is 7.43. The Balaban J connectivity index is 1.44. The number of aromatic nitrogens is 2. The van der Waals surface area contributed by atoms with Gasteiger partial charge in [-0.15, -0.1) is 0 Å². The Bertz CT molecular complexity index is 940. The molecular weight excluding hydrogens is 492 g/mol. The maximum Gasteiger partial charge on any atom is 0.326 e. The Morgan fingerprint density at radius 3 is 1.95 bits per heavy atom. The lowest BCUT2D eigenvalue weighted by Crippen LogP contribution is -2.51. The molecule has 0 radical (unpaired) electrons. The predicted molar refractivity (Wildman–Crippen MR) is 138 cm³/mol. The second-order valence-corrected chi connectivity index (χ2v) is 10.4. The lowest BCUT2D eigenvalue weighted by atomic mass is 9.84. The van der Waals surface area contributed by atoms with Gasteiger partial charge in [0.2, 0.25) is 17.7 Å². The SMILES string of the molecule is O=C(CNC(=O)[C@H](CC1CCCCC1)NC(=O)c1ncc[nH]1)NCC(=O)N[C@@H](CC1CCCCC1)C(=O)O. The van der Waals surface area contributed by atoms with Crippen LogP contribution in [0.4, 0.5) is 0 Å². The van der Waals surface area contributed by atoms with E-state index in [1.54, 1.807) is 0 Å². The van der Waals surface area contributed by atoms with Gasteiger partial charge in [-0.2, -0.15) is 0 Å². The molecule has 6 N–H and O–H groups in total. The third kappa shape index (κ3) is 9.79. The number of amides is 4.